The summed E-state index contributed by atoms with van der Waals surface area (Å²) in [4.78, 5) is 51.6. The minimum absolute atomic E-state index is 0. The Hall–Kier alpha value is -2.76. The standard InChI is InChI=1S/C12H10N2O8.H2O/c15-7-1-2-8(16)20-12-11(19-7)13-5-6-14(12)22-10(18)4-3-9(17)21-12;/h1-4,11,13H,5-6H2;1H2/b2-1-,4-3-;. The Bertz CT molecular complexity index is 560. The number of nitrogens with one attached hydrogen (secondary N) is 1. The summed E-state index contributed by atoms with van der Waals surface area (Å²) in [6.45, 7) is 0.243. The molecule has 3 N–H and O–H groups in total. The fourth-order valence-electron chi connectivity index (χ4n) is 2.09. The van der Waals surface area contributed by atoms with E-state index in [2.05, 4.69) is 5.32 Å². The highest BCUT2D eigenvalue weighted by Gasteiger charge is 2.59. The molecule has 11 heteroatoms. The zero-order chi connectivity index (χ0) is 15.7. The van der Waals surface area contributed by atoms with Crippen LogP contribution in [0.3, 0.4) is 0 Å². The van der Waals surface area contributed by atoms with Gasteiger partial charge in [-0.1, -0.05) is 5.06 Å². The topological polar surface area (TPSA) is 152 Å². The number of carbonyl (C=O) groups is 4. The molecule has 1 saturated heterocycles. The molecule has 0 aromatic rings. The molecule has 0 saturated carbocycles. The van der Waals surface area contributed by atoms with Crippen molar-refractivity contribution < 1.29 is 43.7 Å². The Morgan fingerprint density at radius 3 is 2.17 bits per heavy atom. The molecule has 1 fully saturated rings. The van der Waals surface area contributed by atoms with Gasteiger partial charge in [-0.2, -0.15) is 0 Å². The monoisotopic (exact) mass is 328 g/mol. The molecule has 0 aromatic carbocycles. The number of piperazine rings is 1. The lowest BCUT2D eigenvalue weighted by Crippen LogP contribution is -2.72. The molecule has 3 aliphatic heterocycles. The molecular formula is C12H12N2O9. The number of rotatable bonds is 0. The molecule has 0 radical (unpaired) electrons. The van der Waals surface area contributed by atoms with Gasteiger partial charge in [0.1, 0.15) is 0 Å². The van der Waals surface area contributed by atoms with Crippen LogP contribution >= 0.6 is 0 Å². The van der Waals surface area contributed by atoms with E-state index in [0.717, 1.165) is 29.4 Å². The van der Waals surface area contributed by atoms with E-state index in [0.29, 0.717) is 0 Å². The summed E-state index contributed by atoms with van der Waals surface area (Å²) in [5.41, 5.74) is 0. The Morgan fingerprint density at radius 1 is 0.957 bits per heavy atom. The van der Waals surface area contributed by atoms with Crippen molar-refractivity contribution in [1.29, 1.82) is 0 Å². The second-order valence-corrected chi connectivity index (χ2v) is 4.42. The zero-order valence-electron chi connectivity index (χ0n) is 11.5. The molecule has 1 spiro atoms. The van der Waals surface area contributed by atoms with Gasteiger partial charge in [0.05, 0.1) is 6.54 Å². The van der Waals surface area contributed by atoms with Crippen molar-refractivity contribution in [3.8, 4) is 0 Å². The molecule has 0 amide bonds. The van der Waals surface area contributed by atoms with Gasteiger partial charge in [-0.25, -0.2) is 19.2 Å². The molecule has 3 rings (SSSR count). The highest BCUT2D eigenvalue weighted by Crippen LogP contribution is 2.30. The van der Waals surface area contributed by atoms with Gasteiger partial charge in [0.25, 0.3) is 6.23 Å². The van der Waals surface area contributed by atoms with Crippen molar-refractivity contribution in [3.05, 3.63) is 24.3 Å². The summed E-state index contributed by atoms with van der Waals surface area (Å²) < 4.78 is 15.2. The Morgan fingerprint density at radius 2 is 1.52 bits per heavy atom. The van der Waals surface area contributed by atoms with Gasteiger partial charge in [-0.3, -0.25) is 5.32 Å². The Kier molecular flexibility index (Phi) is 4.45. The summed E-state index contributed by atoms with van der Waals surface area (Å²) in [6.07, 6.45) is 1.98. The molecule has 0 bridgehead atoms. The first kappa shape index (κ1) is 16.6. The number of hydrogen-bond acceptors (Lipinski definition) is 10. The van der Waals surface area contributed by atoms with Crippen LogP contribution < -0.4 is 5.32 Å². The number of esters is 3. The van der Waals surface area contributed by atoms with Crippen molar-refractivity contribution in [3.63, 3.8) is 0 Å². The maximum Gasteiger partial charge on any atom is 0.405 e. The van der Waals surface area contributed by atoms with E-state index < -0.39 is 36.0 Å². The highest BCUT2D eigenvalue weighted by atomic mass is 16.8. The predicted molar refractivity (Wildman–Crippen MR) is 67.5 cm³/mol. The molecule has 2 atom stereocenters. The lowest BCUT2D eigenvalue weighted by Gasteiger charge is -2.46. The highest BCUT2D eigenvalue weighted by molar-refractivity contribution is 5.94. The second kappa shape index (κ2) is 6.16. The summed E-state index contributed by atoms with van der Waals surface area (Å²) >= 11 is 0. The van der Waals surface area contributed by atoms with Crippen molar-refractivity contribution in [2.75, 3.05) is 13.1 Å². The summed E-state index contributed by atoms with van der Waals surface area (Å²) in [5.74, 6) is -5.90. The summed E-state index contributed by atoms with van der Waals surface area (Å²) in [5, 5.41) is 3.57. The predicted octanol–water partition coefficient (Wildman–Crippen LogP) is -2.73. The molecule has 0 aromatic heterocycles. The van der Waals surface area contributed by atoms with Gasteiger partial charge >= 0.3 is 29.8 Å². The number of nitrogens with zero attached hydrogens (tertiary/aromatic N) is 1. The fraction of sp³-hybridized carbons (Fsp3) is 0.333. The molecular weight excluding hydrogens is 316 g/mol. The third kappa shape index (κ3) is 3.06. The van der Waals surface area contributed by atoms with Crippen LogP contribution in [0, 0.1) is 0 Å². The zero-order valence-corrected chi connectivity index (χ0v) is 11.5. The minimum Gasteiger partial charge on any atom is -0.433 e. The first-order chi connectivity index (χ1) is 10.5. The van der Waals surface area contributed by atoms with Gasteiger partial charge < -0.3 is 24.5 Å². The van der Waals surface area contributed by atoms with Gasteiger partial charge in [0.15, 0.2) is 0 Å². The van der Waals surface area contributed by atoms with E-state index >= 15 is 0 Å². The van der Waals surface area contributed by atoms with Gasteiger partial charge in [-0.05, 0) is 0 Å². The molecule has 3 heterocycles. The van der Waals surface area contributed by atoms with Gasteiger partial charge in [0, 0.05) is 30.8 Å². The van der Waals surface area contributed by atoms with Crippen LogP contribution in [-0.2, 0) is 38.2 Å². The van der Waals surface area contributed by atoms with E-state index in [4.69, 9.17) is 19.0 Å². The van der Waals surface area contributed by atoms with E-state index in [9.17, 15) is 19.2 Å². The molecule has 2 unspecified atom stereocenters. The number of ether oxygens (including phenoxy) is 3. The number of hydrogen-bond donors (Lipinski definition) is 1. The summed E-state index contributed by atoms with van der Waals surface area (Å²) in [7, 11) is 0. The van der Waals surface area contributed by atoms with Crippen molar-refractivity contribution in [2.45, 2.75) is 12.1 Å². The average Bonchev–Trinajstić information content (AvgIpc) is 2.45. The second-order valence-electron chi connectivity index (χ2n) is 4.42. The van der Waals surface area contributed by atoms with E-state index in [-0.39, 0.29) is 18.6 Å². The third-order valence-electron chi connectivity index (χ3n) is 2.96. The van der Waals surface area contributed by atoms with Crippen molar-refractivity contribution in [1.82, 2.24) is 10.4 Å². The van der Waals surface area contributed by atoms with Crippen LogP contribution in [0.25, 0.3) is 0 Å². The molecule has 124 valence electrons. The number of carbonyl (C=O) groups excluding carboxylic acids is 4. The first-order valence-electron chi connectivity index (χ1n) is 6.25. The molecule has 0 aliphatic carbocycles. The normalized spacial score (nSPS) is 33.5. The van der Waals surface area contributed by atoms with Gasteiger partial charge in [0.2, 0.25) is 0 Å². The van der Waals surface area contributed by atoms with Crippen LogP contribution in [0.15, 0.2) is 24.3 Å². The smallest absolute Gasteiger partial charge is 0.405 e. The largest absolute Gasteiger partial charge is 0.433 e. The fourth-order valence-corrected chi connectivity index (χ4v) is 2.09. The lowest BCUT2D eigenvalue weighted by atomic mass is 10.2. The molecule has 23 heavy (non-hydrogen) atoms. The van der Waals surface area contributed by atoms with Crippen molar-refractivity contribution in [2.24, 2.45) is 0 Å². The quantitative estimate of drug-likeness (QED) is 0.464. The first-order valence-corrected chi connectivity index (χ1v) is 6.25. The SMILES string of the molecule is O.O=C1/C=C\C(=O)OC23OC(=O)/C=C\C(=O)ON2CCNC3O1. The Balaban J connectivity index is 0.00000192. The van der Waals surface area contributed by atoms with Crippen LogP contribution in [0.1, 0.15) is 0 Å². The third-order valence-corrected chi connectivity index (χ3v) is 2.96. The lowest BCUT2D eigenvalue weighted by molar-refractivity contribution is -0.404. The minimum atomic E-state index is -2.24. The van der Waals surface area contributed by atoms with E-state index in [1.54, 1.807) is 0 Å². The maximum atomic E-state index is 11.8. The Labute approximate surface area is 128 Å². The average molecular weight is 328 g/mol. The number of hydroxylamine groups is 2. The van der Waals surface area contributed by atoms with Crippen LogP contribution in [-0.4, -0.2) is 59.6 Å². The molecule has 11 nitrogen and oxygen atoms in total. The maximum absolute atomic E-state index is 11.8. The van der Waals surface area contributed by atoms with Crippen LogP contribution in [0.2, 0.25) is 0 Å². The van der Waals surface area contributed by atoms with Crippen LogP contribution in [0.5, 0.6) is 0 Å². The van der Waals surface area contributed by atoms with E-state index in [1.165, 1.54) is 0 Å². The van der Waals surface area contributed by atoms with Crippen LogP contribution in [0.4, 0.5) is 0 Å². The summed E-state index contributed by atoms with van der Waals surface area (Å²) in [6, 6.07) is 0. The van der Waals surface area contributed by atoms with E-state index in [1.807, 2.05) is 0 Å². The molecule has 3 aliphatic rings. The van der Waals surface area contributed by atoms with Gasteiger partial charge in [-0.15, -0.1) is 0 Å². The van der Waals surface area contributed by atoms with Crippen molar-refractivity contribution >= 4 is 23.9 Å².